The molecule has 2 rings (SSSR count). The van der Waals surface area contributed by atoms with E-state index in [0.29, 0.717) is 18.7 Å². The first-order chi connectivity index (χ1) is 12.1. The van der Waals surface area contributed by atoms with Crippen molar-refractivity contribution in [3.8, 4) is 0 Å². The molecule has 1 aromatic carbocycles. The number of nitrogens with zero attached hydrogens (tertiary/aromatic N) is 1. The summed E-state index contributed by atoms with van der Waals surface area (Å²) in [6.07, 6.45) is 8.50. The van der Waals surface area contributed by atoms with Crippen LogP contribution in [-0.2, 0) is 17.9 Å². The van der Waals surface area contributed by atoms with E-state index in [1.54, 1.807) is 48.6 Å². The third-order valence-electron chi connectivity index (χ3n) is 3.60. The number of hydrogen-bond acceptors (Lipinski definition) is 3. The maximum Gasteiger partial charge on any atom is 0.251 e. The number of allylic oxidation sites excluding steroid dienone is 3. The van der Waals surface area contributed by atoms with Gasteiger partial charge in [-0.2, -0.15) is 0 Å². The van der Waals surface area contributed by atoms with E-state index in [-0.39, 0.29) is 11.8 Å². The Hall–Kier alpha value is -3.08. The Morgan fingerprint density at radius 1 is 1.12 bits per heavy atom. The van der Waals surface area contributed by atoms with Gasteiger partial charge in [0.1, 0.15) is 5.76 Å². The lowest BCUT2D eigenvalue weighted by Crippen LogP contribution is -2.28. The lowest BCUT2D eigenvalue weighted by molar-refractivity contribution is -0.127. The minimum atomic E-state index is -0.135. The SMILES string of the molecule is CC=CC=CC(=O)N(Cc1ccc(C(=O)NC)cc1)Cc1ccco1. The summed E-state index contributed by atoms with van der Waals surface area (Å²) in [7, 11) is 1.59. The first kappa shape index (κ1) is 18.3. The van der Waals surface area contributed by atoms with Crippen molar-refractivity contribution in [2.45, 2.75) is 20.0 Å². The quantitative estimate of drug-likeness (QED) is 0.622. The molecule has 0 aliphatic rings. The molecule has 2 amide bonds. The van der Waals surface area contributed by atoms with Crippen LogP contribution in [0.3, 0.4) is 0 Å². The summed E-state index contributed by atoms with van der Waals surface area (Å²) in [6, 6.07) is 10.8. The van der Waals surface area contributed by atoms with Gasteiger partial charge >= 0.3 is 0 Å². The number of benzene rings is 1. The van der Waals surface area contributed by atoms with E-state index >= 15 is 0 Å². The molecule has 0 atom stereocenters. The van der Waals surface area contributed by atoms with Crippen molar-refractivity contribution < 1.29 is 14.0 Å². The standard InChI is InChI=1S/C20H22N2O3/c1-3-4-5-8-19(23)22(15-18-7-6-13-25-18)14-16-9-11-17(12-10-16)20(24)21-2/h3-13H,14-15H2,1-2H3,(H,21,24). The highest BCUT2D eigenvalue weighted by Crippen LogP contribution is 2.13. The van der Waals surface area contributed by atoms with E-state index < -0.39 is 0 Å². The summed E-state index contributed by atoms with van der Waals surface area (Å²) in [5.41, 5.74) is 1.52. The van der Waals surface area contributed by atoms with E-state index in [1.807, 2.05) is 31.2 Å². The Balaban J connectivity index is 2.14. The molecule has 0 unspecified atom stereocenters. The van der Waals surface area contributed by atoms with Crippen LogP contribution < -0.4 is 5.32 Å². The van der Waals surface area contributed by atoms with Crippen molar-refractivity contribution in [1.29, 1.82) is 0 Å². The van der Waals surface area contributed by atoms with Gasteiger partial charge in [0.05, 0.1) is 12.8 Å². The van der Waals surface area contributed by atoms with Gasteiger partial charge in [-0.3, -0.25) is 9.59 Å². The number of hydrogen-bond donors (Lipinski definition) is 1. The molecule has 130 valence electrons. The maximum atomic E-state index is 12.5. The van der Waals surface area contributed by atoms with Crippen molar-refractivity contribution in [3.63, 3.8) is 0 Å². The van der Waals surface area contributed by atoms with Crippen molar-refractivity contribution >= 4 is 11.8 Å². The summed E-state index contributed by atoms with van der Waals surface area (Å²) < 4.78 is 5.36. The Morgan fingerprint density at radius 3 is 2.48 bits per heavy atom. The molecule has 0 aliphatic heterocycles. The van der Waals surface area contributed by atoms with E-state index in [1.165, 1.54) is 6.08 Å². The minimum absolute atomic E-state index is 0.107. The van der Waals surface area contributed by atoms with E-state index in [2.05, 4.69) is 5.32 Å². The summed E-state index contributed by atoms with van der Waals surface area (Å²) in [5, 5.41) is 2.59. The zero-order chi connectivity index (χ0) is 18.1. The number of rotatable bonds is 7. The van der Waals surface area contributed by atoms with Gasteiger partial charge < -0.3 is 14.6 Å². The molecular weight excluding hydrogens is 316 g/mol. The predicted molar refractivity (Wildman–Crippen MR) is 96.7 cm³/mol. The fraction of sp³-hybridized carbons (Fsp3) is 0.200. The van der Waals surface area contributed by atoms with Crippen LogP contribution in [0, 0.1) is 0 Å². The molecule has 5 nitrogen and oxygen atoms in total. The largest absolute Gasteiger partial charge is 0.467 e. The molecule has 25 heavy (non-hydrogen) atoms. The first-order valence-corrected chi connectivity index (χ1v) is 8.05. The zero-order valence-electron chi connectivity index (χ0n) is 14.4. The second-order valence-electron chi connectivity index (χ2n) is 5.43. The minimum Gasteiger partial charge on any atom is -0.467 e. The number of carbonyl (C=O) groups excluding carboxylic acids is 2. The summed E-state index contributed by atoms with van der Waals surface area (Å²) in [5.74, 6) is 0.476. The van der Waals surface area contributed by atoms with Gasteiger partial charge in [-0.15, -0.1) is 0 Å². The summed E-state index contributed by atoms with van der Waals surface area (Å²) >= 11 is 0. The van der Waals surface area contributed by atoms with Crippen LogP contribution in [0.15, 0.2) is 71.4 Å². The second-order valence-corrected chi connectivity index (χ2v) is 5.43. The fourth-order valence-electron chi connectivity index (χ4n) is 2.28. The van der Waals surface area contributed by atoms with Gasteiger partial charge in [0, 0.05) is 25.2 Å². The number of amides is 2. The van der Waals surface area contributed by atoms with Gasteiger partial charge in [0.15, 0.2) is 0 Å². The smallest absolute Gasteiger partial charge is 0.251 e. The molecule has 0 aliphatic carbocycles. The molecule has 1 heterocycles. The Kier molecular flexibility index (Phi) is 6.77. The predicted octanol–water partition coefficient (Wildman–Crippen LogP) is 3.30. The Bertz CT molecular complexity index is 744. The van der Waals surface area contributed by atoms with Crippen LogP contribution in [-0.4, -0.2) is 23.8 Å². The number of carbonyl (C=O) groups is 2. The molecule has 1 N–H and O–H groups in total. The monoisotopic (exact) mass is 338 g/mol. The highest BCUT2D eigenvalue weighted by Gasteiger charge is 2.14. The van der Waals surface area contributed by atoms with E-state index in [4.69, 9.17) is 4.42 Å². The highest BCUT2D eigenvalue weighted by atomic mass is 16.3. The molecule has 0 fully saturated rings. The Morgan fingerprint density at radius 2 is 1.88 bits per heavy atom. The number of nitrogens with one attached hydrogen (secondary N) is 1. The van der Waals surface area contributed by atoms with Crippen LogP contribution >= 0.6 is 0 Å². The first-order valence-electron chi connectivity index (χ1n) is 8.05. The molecule has 0 saturated heterocycles. The van der Waals surface area contributed by atoms with Crippen molar-refractivity contribution in [1.82, 2.24) is 10.2 Å². The number of furan rings is 1. The zero-order valence-corrected chi connectivity index (χ0v) is 14.4. The van der Waals surface area contributed by atoms with Crippen LogP contribution in [0.4, 0.5) is 0 Å². The van der Waals surface area contributed by atoms with E-state index in [9.17, 15) is 9.59 Å². The lowest BCUT2D eigenvalue weighted by Gasteiger charge is -2.20. The highest BCUT2D eigenvalue weighted by molar-refractivity contribution is 5.94. The van der Waals surface area contributed by atoms with E-state index in [0.717, 1.165) is 11.3 Å². The second kappa shape index (κ2) is 9.27. The Labute approximate surface area is 147 Å². The van der Waals surface area contributed by atoms with Crippen molar-refractivity contribution in [2.75, 3.05) is 7.05 Å². The van der Waals surface area contributed by atoms with Gasteiger partial charge in [-0.1, -0.05) is 30.4 Å². The fourth-order valence-corrected chi connectivity index (χ4v) is 2.28. The average Bonchev–Trinajstić information content (AvgIpc) is 3.14. The van der Waals surface area contributed by atoms with Crippen LogP contribution in [0.25, 0.3) is 0 Å². The summed E-state index contributed by atoms with van der Waals surface area (Å²) in [6.45, 7) is 2.69. The lowest BCUT2D eigenvalue weighted by atomic mass is 10.1. The molecule has 0 radical (unpaired) electrons. The normalized spacial score (nSPS) is 11.1. The molecule has 5 heteroatoms. The van der Waals surface area contributed by atoms with Gasteiger partial charge in [0.25, 0.3) is 5.91 Å². The van der Waals surface area contributed by atoms with Gasteiger partial charge in [0.2, 0.25) is 5.91 Å². The molecule has 0 saturated carbocycles. The van der Waals surface area contributed by atoms with Crippen molar-refractivity contribution in [3.05, 3.63) is 83.9 Å². The van der Waals surface area contributed by atoms with Crippen LogP contribution in [0.2, 0.25) is 0 Å². The summed E-state index contributed by atoms with van der Waals surface area (Å²) in [4.78, 5) is 25.8. The van der Waals surface area contributed by atoms with Crippen LogP contribution in [0.5, 0.6) is 0 Å². The van der Waals surface area contributed by atoms with Crippen LogP contribution in [0.1, 0.15) is 28.6 Å². The molecule has 0 bridgehead atoms. The molecular formula is C20H22N2O3. The maximum absolute atomic E-state index is 12.5. The third kappa shape index (κ3) is 5.49. The van der Waals surface area contributed by atoms with Gasteiger partial charge in [-0.25, -0.2) is 0 Å². The molecule has 0 spiro atoms. The topological polar surface area (TPSA) is 62.6 Å². The van der Waals surface area contributed by atoms with Gasteiger partial charge in [-0.05, 0) is 36.8 Å². The average molecular weight is 338 g/mol. The molecule has 1 aromatic heterocycles. The third-order valence-corrected chi connectivity index (χ3v) is 3.60. The molecule has 2 aromatic rings. The van der Waals surface area contributed by atoms with Crippen molar-refractivity contribution in [2.24, 2.45) is 0 Å².